The predicted octanol–water partition coefficient (Wildman–Crippen LogP) is 1.90. The Morgan fingerprint density at radius 1 is 1.05 bits per heavy atom. The SMILES string of the molecule is CC(C)CC(=O)NCCC(=O)NCCc1ccc(N)cc1.Cl. The van der Waals surface area contributed by atoms with Crippen LogP contribution in [0.3, 0.4) is 0 Å². The molecule has 0 aliphatic rings. The Labute approximate surface area is 138 Å². The molecule has 1 aromatic carbocycles. The second-order valence-electron chi connectivity index (χ2n) is 5.54. The Bertz CT molecular complexity index is 461. The highest BCUT2D eigenvalue weighted by molar-refractivity contribution is 5.85. The summed E-state index contributed by atoms with van der Waals surface area (Å²) in [5.74, 6) is 0.286. The highest BCUT2D eigenvalue weighted by Gasteiger charge is 2.05. The average molecular weight is 328 g/mol. The summed E-state index contributed by atoms with van der Waals surface area (Å²) in [5, 5.41) is 5.58. The molecule has 0 bridgehead atoms. The van der Waals surface area contributed by atoms with Crippen molar-refractivity contribution in [1.29, 1.82) is 0 Å². The summed E-state index contributed by atoms with van der Waals surface area (Å²) in [6.07, 6.45) is 1.58. The maximum absolute atomic E-state index is 11.6. The maximum atomic E-state index is 11.6. The van der Waals surface area contributed by atoms with E-state index in [1.54, 1.807) is 0 Å². The normalized spacial score (nSPS) is 9.95. The molecule has 0 saturated heterocycles. The number of nitrogens with one attached hydrogen (secondary N) is 2. The number of anilines is 1. The van der Waals surface area contributed by atoms with Crippen molar-refractivity contribution < 1.29 is 9.59 Å². The van der Waals surface area contributed by atoms with Crippen molar-refractivity contribution >= 4 is 29.9 Å². The molecule has 6 heteroatoms. The Hall–Kier alpha value is -1.75. The van der Waals surface area contributed by atoms with Gasteiger partial charge in [-0.2, -0.15) is 0 Å². The van der Waals surface area contributed by atoms with E-state index in [0.29, 0.717) is 31.8 Å². The zero-order chi connectivity index (χ0) is 15.7. The summed E-state index contributed by atoms with van der Waals surface area (Å²) < 4.78 is 0. The topological polar surface area (TPSA) is 84.2 Å². The van der Waals surface area contributed by atoms with E-state index in [1.165, 1.54) is 0 Å². The molecule has 0 heterocycles. The Kier molecular flexibility index (Phi) is 10.0. The predicted molar refractivity (Wildman–Crippen MR) is 91.9 cm³/mol. The van der Waals surface area contributed by atoms with E-state index in [9.17, 15) is 9.59 Å². The van der Waals surface area contributed by atoms with Gasteiger partial charge in [0.2, 0.25) is 11.8 Å². The van der Waals surface area contributed by atoms with E-state index >= 15 is 0 Å². The van der Waals surface area contributed by atoms with Gasteiger partial charge in [-0.05, 0) is 30.0 Å². The summed E-state index contributed by atoms with van der Waals surface area (Å²) >= 11 is 0. The van der Waals surface area contributed by atoms with Crippen molar-refractivity contribution in [2.45, 2.75) is 33.1 Å². The Balaban J connectivity index is 0.00000441. The number of benzene rings is 1. The molecule has 1 aromatic rings. The van der Waals surface area contributed by atoms with Crippen LogP contribution in [0.1, 0.15) is 32.3 Å². The second-order valence-corrected chi connectivity index (χ2v) is 5.54. The van der Waals surface area contributed by atoms with E-state index in [0.717, 1.165) is 17.7 Å². The van der Waals surface area contributed by atoms with E-state index in [2.05, 4.69) is 10.6 Å². The van der Waals surface area contributed by atoms with Crippen molar-refractivity contribution in [3.8, 4) is 0 Å². The van der Waals surface area contributed by atoms with Crippen LogP contribution in [-0.4, -0.2) is 24.9 Å². The minimum Gasteiger partial charge on any atom is -0.399 e. The van der Waals surface area contributed by atoms with Gasteiger partial charge < -0.3 is 16.4 Å². The summed E-state index contributed by atoms with van der Waals surface area (Å²) in [6, 6.07) is 7.60. The van der Waals surface area contributed by atoms with Gasteiger partial charge >= 0.3 is 0 Å². The highest BCUT2D eigenvalue weighted by atomic mass is 35.5. The third-order valence-corrected chi connectivity index (χ3v) is 2.98. The van der Waals surface area contributed by atoms with Gasteiger partial charge in [-0.15, -0.1) is 12.4 Å². The number of carbonyl (C=O) groups is 2. The lowest BCUT2D eigenvalue weighted by atomic mass is 10.1. The number of hydrogen-bond donors (Lipinski definition) is 3. The first-order valence-corrected chi connectivity index (χ1v) is 7.35. The maximum Gasteiger partial charge on any atom is 0.221 e. The molecule has 5 nitrogen and oxygen atoms in total. The number of carbonyl (C=O) groups excluding carboxylic acids is 2. The lowest BCUT2D eigenvalue weighted by molar-refractivity contribution is -0.122. The van der Waals surface area contributed by atoms with E-state index < -0.39 is 0 Å². The summed E-state index contributed by atoms with van der Waals surface area (Å²) in [6.45, 7) is 4.95. The first-order valence-electron chi connectivity index (χ1n) is 7.35. The van der Waals surface area contributed by atoms with Crippen LogP contribution >= 0.6 is 12.4 Å². The molecule has 0 aromatic heterocycles. The van der Waals surface area contributed by atoms with Crippen molar-refractivity contribution in [3.63, 3.8) is 0 Å². The van der Waals surface area contributed by atoms with Gasteiger partial charge in [-0.1, -0.05) is 26.0 Å². The van der Waals surface area contributed by atoms with Crippen LogP contribution in [-0.2, 0) is 16.0 Å². The molecule has 0 aliphatic heterocycles. The first-order chi connectivity index (χ1) is 9.97. The van der Waals surface area contributed by atoms with Crippen LogP contribution in [0.5, 0.6) is 0 Å². The summed E-state index contributed by atoms with van der Waals surface area (Å²) in [4.78, 5) is 23.0. The third-order valence-electron chi connectivity index (χ3n) is 2.98. The molecule has 0 radical (unpaired) electrons. The molecule has 2 amide bonds. The van der Waals surface area contributed by atoms with Gasteiger partial charge in [0.05, 0.1) is 0 Å². The molecular formula is C16H26ClN3O2. The Morgan fingerprint density at radius 2 is 1.64 bits per heavy atom. The van der Waals surface area contributed by atoms with Gasteiger partial charge in [0.1, 0.15) is 0 Å². The minimum atomic E-state index is -0.0460. The van der Waals surface area contributed by atoms with Gasteiger partial charge in [0, 0.05) is 31.6 Å². The van der Waals surface area contributed by atoms with Crippen LogP contribution in [0, 0.1) is 5.92 Å². The van der Waals surface area contributed by atoms with Crippen LogP contribution in [0.2, 0.25) is 0 Å². The van der Waals surface area contributed by atoms with Crippen LogP contribution < -0.4 is 16.4 Å². The third kappa shape index (κ3) is 9.23. The fraction of sp³-hybridized carbons (Fsp3) is 0.500. The van der Waals surface area contributed by atoms with Crippen molar-refractivity contribution in [2.24, 2.45) is 5.92 Å². The fourth-order valence-corrected chi connectivity index (χ4v) is 1.88. The molecule has 0 unspecified atom stereocenters. The number of nitrogens with two attached hydrogens (primary N) is 1. The highest BCUT2D eigenvalue weighted by Crippen LogP contribution is 2.05. The van der Waals surface area contributed by atoms with E-state index in [-0.39, 0.29) is 24.2 Å². The smallest absolute Gasteiger partial charge is 0.221 e. The largest absolute Gasteiger partial charge is 0.399 e. The molecule has 0 aliphatic carbocycles. The second kappa shape index (κ2) is 10.9. The molecule has 22 heavy (non-hydrogen) atoms. The van der Waals surface area contributed by atoms with Gasteiger partial charge in [-0.25, -0.2) is 0 Å². The van der Waals surface area contributed by atoms with E-state index in [4.69, 9.17) is 5.73 Å². The quantitative estimate of drug-likeness (QED) is 0.638. The molecule has 0 saturated carbocycles. The number of nitrogen functional groups attached to an aromatic ring is 1. The standard InChI is InChI=1S/C16H25N3O2.ClH/c1-12(2)11-16(21)19-10-8-15(20)18-9-7-13-3-5-14(17)6-4-13;/h3-6,12H,7-11,17H2,1-2H3,(H,18,20)(H,19,21);1H. The number of rotatable bonds is 8. The zero-order valence-corrected chi connectivity index (χ0v) is 14.0. The number of hydrogen-bond acceptors (Lipinski definition) is 3. The molecule has 4 N–H and O–H groups in total. The first kappa shape index (κ1) is 20.2. The monoisotopic (exact) mass is 327 g/mol. The average Bonchev–Trinajstić information content (AvgIpc) is 2.40. The van der Waals surface area contributed by atoms with Gasteiger partial charge in [0.25, 0.3) is 0 Å². The lowest BCUT2D eigenvalue weighted by Gasteiger charge is -2.08. The number of halogens is 1. The van der Waals surface area contributed by atoms with Crippen molar-refractivity contribution in [2.75, 3.05) is 18.8 Å². The molecule has 0 fully saturated rings. The van der Waals surface area contributed by atoms with Crippen LogP contribution in [0.15, 0.2) is 24.3 Å². The molecule has 0 spiro atoms. The van der Waals surface area contributed by atoms with E-state index in [1.807, 2.05) is 38.1 Å². The molecule has 124 valence electrons. The molecule has 0 atom stereocenters. The van der Waals surface area contributed by atoms with Gasteiger partial charge in [0.15, 0.2) is 0 Å². The fourth-order valence-electron chi connectivity index (χ4n) is 1.88. The van der Waals surface area contributed by atoms with Crippen molar-refractivity contribution in [3.05, 3.63) is 29.8 Å². The van der Waals surface area contributed by atoms with Crippen molar-refractivity contribution in [1.82, 2.24) is 10.6 Å². The molecule has 1 rings (SSSR count). The zero-order valence-electron chi connectivity index (χ0n) is 13.2. The summed E-state index contributed by atoms with van der Waals surface area (Å²) in [7, 11) is 0. The number of amides is 2. The lowest BCUT2D eigenvalue weighted by Crippen LogP contribution is -2.32. The molecular weight excluding hydrogens is 302 g/mol. The Morgan fingerprint density at radius 3 is 2.23 bits per heavy atom. The van der Waals surface area contributed by atoms with Gasteiger partial charge in [-0.3, -0.25) is 9.59 Å². The summed E-state index contributed by atoms with van der Waals surface area (Å²) in [5.41, 5.74) is 7.48. The van der Waals surface area contributed by atoms with Crippen LogP contribution in [0.4, 0.5) is 5.69 Å². The van der Waals surface area contributed by atoms with Crippen LogP contribution in [0.25, 0.3) is 0 Å². The minimum absolute atomic E-state index is 0.